The van der Waals surface area contributed by atoms with Crippen molar-refractivity contribution in [3.63, 3.8) is 0 Å². The van der Waals surface area contributed by atoms with Gasteiger partial charge in [0, 0.05) is 19.3 Å². The second-order valence-electron chi connectivity index (χ2n) is 17.7. The Hall–Kier alpha value is -4.71. The van der Waals surface area contributed by atoms with E-state index in [0.29, 0.717) is 19.3 Å². The maximum absolute atomic E-state index is 12.8. The Labute approximate surface area is 423 Å². The van der Waals surface area contributed by atoms with Crippen molar-refractivity contribution in [3.05, 3.63) is 146 Å². The van der Waals surface area contributed by atoms with Crippen molar-refractivity contribution in [2.24, 2.45) is 0 Å². The molecule has 0 rings (SSSR count). The average Bonchev–Trinajstić information content (AvgIpc) is 3.35. The van der Waals surface area contributed by atoms with Crippen LogP contribution < -0.4 is 0 Å². The first-order valence-corrected chi connectivity index (χ1v) is 27.5. The monoisotopic (exact) mass is 951 g/mol. The summed E-state index contributed by atoms with van der Waals surface area (Å²) < 4.78 is 16.8. The van der Waals surface area contributed by atoms with Gasteiger partial charge in [0.05, 0.1) is 0 Å². The lowest BCUT2D eigenvalue weighted by atomic mass is 10.1. The van der Waals surface area contributed by atoms with Crippen LogP contribution in [0.3, 0.4) is 0 Å². The number of hydrogen-bond donors (Lipinski definition) is 0. The maximum atomic E-state index is 12.8. The van der Waals surface area contributed by atoms with E-state index in [1.807, 2.05) is 97.2 Å². The van der Waals surface area contributed by atoms with E-state index in [4.69, 9.17) is 14.2 Å². The van der Waals surface area contributed by atoms with Gasteiger partial charge in [-0.2, -0.15) is 0 Å². The zero-order chi connectivity index (χ0) is 50.0. The van der Waals surface area contributed by atoms with Crippen LogP contribution in [0.15, 0.2) is 146 Å². The van der Waals surface area contributed by atoms with Gasteiger partial charge in [-0.3, -0.25) is 14.4 Å². The van der Waals surface area contributed by atoms with Gasteiger partial charge in [0.1, 0.15) is 13.2 Å². The summed E-state index contributed by atoms with van der Waals surface area (Å²) in [6, 6.07) is 0. The Morgan fingerprint density at radius 2 is 0.609 bits per heavy atom. The second-order valence-corrected chi connectivity index (χ2v) is 17.7. The lowest BCUT2D eigenvalue weighted by Gasteiger charge is -2.18. The summed E-state index contributed by atoms with van der Waals surface area (Å²) >= 11 is 0. The van der Waals surface area contributed by atoms with Crippen LogP contribution in [0.25, 0.3) is 0 Å². The number of carbonyl (C=O) groups excluding carboxylic acids is 3. The molecule has 1 atom stereocenters. The van der Waals surface area contributed by atoms with Crippen molar-refractivity contribution in [2.45, 2.75) is 219 Å². The molecule has 386 valence electrons. The molecule has 0 aliphatic heterocycles. The predicted octanol–water partition coefficient (Wildman–Crippen LogP) is 18.4. The van der Waals surface area contributed by atoms with Gasteiger partial charge >= 0.3 is 17.9 Å². The summed E-state index contributed by atoms with van der Waals surface area (Å²) in [6.45, 7) is 6.32. The lowest BCUT2D eigenvalue weighted by Crippen LogP contribution is -2.30. The highest BCUT2D eigenvalue weighted by Gasteiger charge is 2.19. The Bertz CT molecular complexity index is 1560. The van der Waals surface area contributed by atoms with Crippen LogP contribution in [0.4, 0.5) is 0 Å². The second kappa shape index (κ2) is 55.9. The molecule has 0 saturated carbocycles. The Kier molecular flexibility index (Phi) is 52.1. The van der Waals surface area contributed by atoms with Crippen LogP contribution in [0, 0.1) is 0 Å². The van der Waals surface area contributed by atoms with Gasteiger partial charge in [0.2, 0.25) is 0 Å². The first-order valence-electron chi connectivity index (χ1n) is 27.5. The molecule has 0 fully saturated rings. The molecular weight excluding hydrogens is 853 g/mol. The molecule has 0 radical (unpaired) electrons. The number of ether oxygens (including phenoxy) is 3. The molecule has 0 aliphatic carbocycles. The van der Waals surface area contributed by atoms with Crippen LogP contribution in [0.5, 0.6) is 0 Å². The Morgan fingerprint density at radius 1 is 0.304 bits per heavy atom. The highest BCUT2D eigenvalue weighted by molar-refractivity contribution is 5.71. The standard InChI is InChI=1S/C63H98O6/c1-4-7-10-13-16-19-22-25-28-31-33-35-38-41-44-47-50-53-56-62(65)68-59-60(58-67-61(64)55-52-49-46-43-40-37-34-30-27-24-21-18-15-12-9-6-3)69-63(66)57-54-51-48-45-42-39-36-32-29-26-23-20-17-14-11-8-5-2/h8,10-11,13-14,16-17,19-20,22-23,25-26,28-36,39,42,60H,4-7,9,12,15,18,21,24,27,37-38,40-41,43-59H2,1-3H3/b11-8-,13-10-,17-14-,19-16-,23-20-,25-22-,29-26-,31-28-,34-30-,35-33-,36-32+,42-39-. The number of hydrogen-bond acceptors (Lipinski definition) is 6. The number of unbranched alkanes of at least 4 members (excludes halogenated alkanes) is 21. The molecule has 0 aromatic carbocycles. The fourth-order valence-electron chi connectivity index (χ4n) is 6.97. The maximum Gasteiger partial charge on any atom is 0.306 e. The van der Waals surface area contributed by atoms with Crippen LogP contribution in [-0.2, 0) is 28.6 Å². The molecule has 0 N–H and O–H groups in total. The Morgan fingerprint density at radius 3 is 1.00 bits per heavy atom. The quantitative estimate of drug-likeness (QED) is 0.0199. The molecule has 6 heteroatoms. The molecule has 0 amide bonds. The number of carbonyl (C=O) groups is 3. The molecule has 69 heavy (non-hydrogen) atoms. The van der Waals surface area contributed by atoms with Gasteiger partial charge in [-0.25, -0.2) is 0 Å². The lowest BCUT2D eigenvalue weighted by molar-refractivity contribution is -0.167. The molecule has 0 bridgehead atoms. The highest BCUT2D eigenvalue weighted by Crippen LogP contribution is 2.13. The van der Waals surface area contributed by atoms with Crippen molar-refractivity contribution < 1.29 is 28.6 Å². The molecule has 0 saturated heterocycles. The van der Waals surface area contributed by atoms with E-state index in [1.54, 1.807) is 0 Å². The van der Waals surface area contributed by atoms with Crippen molar-refractivity contribution in [2.75, 3.05) is 13.2 Å². The molecule has 0 aliphatic rings. The van der Waals surface area contributed by atoms with Gasteiger partial charge in [-0.15, -0.1) is 0 Å². The van der Waals surface area contributed by atoms with E-state index in [1.165, 1.54) is 64.2 Å². The van der Waals surface area contributed by atoms with Gasteiger partial charge < -0.3 is 14.2 Å². The summed E-state index contributed by atoms with van der Waals surface area (Å²) in [5.74, 6) is -1.00. The molecule has 0 heterocycles. The zero-order valence-electron chi connectivity index (χ0n) is 44.0. The molecule has 1 unspecified atom stereocenters. The van der Waals surface area contributed by atoms with Crippen molar-refractivity contribution in [3.8, 4) is 0 Å². The average molecular weight is 951 g/mol. The van der Waals surface area contributed by atoms with Gasteiger partial charge in [0.15, 0.2) is 6.10 Å². The van der Waals surface area contributed by atoms with E-state index in [0.717, 1.165) is 103 Å². The summed E-state index contributed by atoms with van der Waals surface area (Å²) in [6.07, 6.45) is 79.6. The Balaban J connectivity index is 4.58. The normalized spacial score (nSPS) is 13.3. The van der Waals surface area contributed by atoms with E-state index in [2.05, 4.69) is 69.4 Å². The molecule has 0 aromatic heterocycles. The summed E-state index contributed by atoms with van der Waals surface area (Å²) in [7, 11) is 0. The smallest absolute Gasteiger partial charge is 0.306 e. The zero-order valence-corrected chi connectivity index (χ0v) is 44.0. The molecule has 6 nitrogen and oxygen atoms in total. The first-order chi connectivity index (χ1) is 34.0. The minimum absolute atomic E-state index is 0.115. The minimum atomic E-state index is -0.823. The first kappa shape index (κ1) is 64.3. The van der Waals surface area contributed by atoms with Crippen LogP contribution in [0.2, 0.25) is 0 Å². The van der Waals surface area contributed by atoms with Crippen molar-refractivity contribution >= 4 is 17.9 Å². The third-order valence-corrected chi connectivity index (χ3v) is 11.1. The molecule has 0 aromatic rings. The van der Waals surface area contributed by atoms with Crippen LogP contribution >= 0.6 is 0 Å². The summed E-state index contributed by atoms with van der Waals surface area (Å²) in [4.78, 5) is 38.1. The largest absolute Gasteiger partial charge is 0.462 e. The van der Waals surface area contributed by atoms with Gasteiger partial charge in [-0.1, -0.05) is 256 Å². The SMILES string of the molecule is CC\C=C/C=C\C=C/C=C\C=C\C=C/CCCCCC(=O)OC(COC(=O)CCCCCCC\C=C/C=C\C=C/C=C\C=C/CCC)COC(=O)CCCCCCC/C=C\CCCCCCCCC. The minimum Gasteiger partial charge on any atom is -0.462 e. The summed E-state index contributed by atoms with van der Waals surface area (Å²) in [5, 5.41) is 0. The van der Waals surface area contributed by atoms with E-state index >= 15 is 0 Å². The highest BCUT2D eigenvalue weighted by atomic mass is 16.6. The topological polar surface area (TPSA) is 78.9 Å². The predicted molar refractivity (Wildman–Crippen MR) is 297 cm³/mol. The molecule has 0 spiro atoms. The van der Waals surface area contributed by atoms with Gasteiger partial charge in [-0.05, 0) is 83.5 Å². The summed E-state index contributed by atoms with van der Waals surface area (Å²) in [5.41, 5.74) is 0. The van der Waals surface area contributed by atoms with E-state index in [-0.39, 0.29) is 37.5 Å². The fourth-order valence-corrected chi connectivity index (χ4v) is 6.97. The van der Waals surface area contributed by atoms with E-state index < -0.39 is 6.10 Å². The van der Waals surface area contributed by atoms with Crippen molar-refractivity contribution in [1.29, 1.82) is 0 Å². The van der Waals surface area contributed by atoms with Gasteiger partial charge in [0.25, 0.3) is 0 Å². The number of esters is 3. The van der Waals surface area contributed by atoms with Crippen LogP contribution in [0.1, 0.15) is 213 Å². The van der Waals surface area contributed by atoms with Crippen molar-refractivity contribution in [1.82, 2.24) is 0 Å². The number of rotatable bonds is 47. The third kappa shape index (κ3) is 54.1. The number of allylic oxidation sites excluding steroid dienone is 24. The fraction of sp³-hybridized carbons (Fsp3) is 0.571. The molecular formula is C63H98O6. The van der Waals surface area contributed by atoms with Crippen LogP contribution in [-0.4, -0.2) is 37.2 Å². The third-order valence-electron chi connectivity index (χ3n) is 11.1. The van der Waals surface area contributed by atoms with E-state index in [9.17, 15) is 14.4 Å².